The van der Waals surface area contributed by atoms with Crippen LogP contribution in [0.4, 0.5) is 4.79 Å². The zero-order chi connectivity index (χ0) is 54.6. The second-order valence-corrected chi connectivity index (χ2v) is 17.3. The van der Waals surface area contributed by atoms with Crippen molar-refractivity contribution in [3.63, 3.8) is 0 Å². The topological polar surface area (TPSA) is 362 Å². The predicted molar refractivity (Wildman–Crippen MR) is 262 cm³/mol. The Morgan fingerprint density at radius 2 is 1.23 bits per heavy atom. The molecule has 0 aliphatic carbocycles. The zero-order valence-corrected chi connectivity index (χ0v) is 41.6. The number of ketones is 2. The second kappa shape index (κ2) is 32.5. The monoisotopic (exact) mass is 1040 g/mol. The number of carboxylic acids is 4. The Bertz CT molecular complexity index is 2220. The zero-order valence-electron chi connectivity index (χ0n) is 40.7. The standard InChI is InChI=1S/C48H65N7O17S/c1-49-35(44(65)54(2)36(25-42(62)63)45(66)55(3)37(27-73)47(69)70)26-50-43(64)31(22-29-12-6-4-7-13-29)24-38(58)34(23-30-14-8-5-9-15-30)51-39(59)17-11-10-16-32(57)18-19-33(46(67)68)52-48(71)53-40(72-28-56)20-21-41(60)61/h4-9,12-15,28,31,33-37,40,49,73H,10-11,16-27H2,1-3H3,(H,50,64)(H,51,59)(H,60,61)(H,62,63)(H,67,68)(H,69,70)(H2,52,53,71)/t31-,33+,34+,35+,36?,37+,40-/m1/s1. The number of nitrogens with one attached hydrogen (secondary N) is 5. The number of benzene rings is 2. The number of likely N-dealkylation sites (N-methyl/N-ethyl adjacent to an activating group) is 3. The summed E-state index contributed by atoms with van der Waals surface area (Å²) in [7, 11) is 3.72. The van der Waals surface area contributed by atoms with Crippen LogP contribution in [0, 0.1) is 5.92 Å². The molecule has 0 fully saturated rings. The molecule has 0 saturated heterocycles. The van der Waals surface area contributed by atoms with Gasteiger partial charge in [0, 0.05) is 64.4 Å². The van der Waals surface area contributed by atoms with Crippen LogP contribution in [0.1, 0.15) is 75.3 Å². The summed E-state index contributed by atoms with van der Waals surface area (Å²) in [5.41, 5.74) is 1.39. The molecule has 0 spiro atoms. The molecular formula is C48H65N7O17S. The summed E-state index contributed by atoms with van der Waals surface area (Å²) < 4.78 is 4.62. The summed E-state index contributed by atoms with van der Waals surface area (Å²) in [6, 6.07) is 9.57. The first kappa shape index (κ1) is 61.7. The van der Waals surface area contributed by atoms with Crippen LogP contribution in [-0.4, -0.2) is 172 Å². The normalized spacial score (nSPS) is 13.7. The van der Waals surface area contributed by atoms with E-state index in [2.05, 4.69) is 43.9 Å². The van der Waals surface area contributed by atoms with Crippen LogP contribution in [0.15, 0.2) is 60.7 Å². The van der Waals surface area contributed by atoms with Gasteiger partial charge in [-0.2, -0.15) is 12.6 Å². The molecule has 7 atom stereocenters. The van der Waals surface area contributed by atoms with Crippen molar-refractivity contribution in [2.24, 2.45) is 5.92 Å². The Labute approximate surface area is 426 Å². The van der Waals surface area contributed by atoms with Gasteiger partial charge < -0.3 is 61.5 Å². The van der Waals surface area contributed by atoms with Crippen LogP contribution < -0.4 is 26.6 Å². The lowest BCUT2D eigenvalue weighted by Crippen LogP contribution is -2.58. The molecule has 0 saturated carbocycles. The summed E-state index contributed by atoms with van der Waals surface area (Å²) in [5.74, 6) is -10.7. The molecule has 0 aromatic heterocycles. The van der Waals surface area contributed by atoms with Crippen molar-refractivity contribution < 1.29 is 82.7 Å². The van der Waals surface area contributed by atoms with Crippen molar-refractivity contribution in [3.8, 4) is 0 Å². The molecule has 73 heavy (non-hydrogen) atoms. The number of nitrogens with zero attached hydrogens (tertiary/aromatic N) is 2. The van der Waals surface area contributed by atoms with Crippen LogP contribution >= 0.6 is 12.6 Å². The molecule has 0 heterocycles. The molecule has 2 rings (SSSR count). The highest BCUT2D eigenvalue weighted by Crippen LogP contribution is 2.18. The van der Waals surface area contributed by atoms with Crippen LogP contribution in [0.3, 0.4) is 0 Å². The van der Waals surface area contributed by atoms with E-state index in [1.54, 1.807) is 60.7 Å². The highest BCUT2D eigenvalue weighted by atomic mass is 32.1. The first-order valence-corrected chi connectivity index (χ1v) is 23.8. The van der Waals surface area contributed by atoms with Gasteiger partial charge in [0.15, 0.2) is 12.0 Å². The summed E-state index contributed by atoms with van der Waals surface area (Å²) in [4.78, 5) is 152. The molecule has 24 nitrogen and oxygen atoms in total. The van der Waals surface area contributed by atoms with Crippen LogP contribution in [-0.2, 0) is 70.3 Å². The molecule has 0 aliphatic heterocycles. The van der Waals surface area contributed by atoms with Crippen molar-refractivity contribution >= 4 is 84.2 Å². The highest BCUT2D eigenvalue weighted by molar-refractivity contribution is 7.80. The van der Waals surface area contributed by atoms with Gasteiger partial charge in [0.25, 0.3) is 6.47 Å². The van der Waals surface area contributed by atoms with Crippen LogP contribution in [0.25, 0.3) is 0 Å². The minimum Gasteiger partial charge on any atom is -0.481 e. The fraction of sp³-hybridized carbons (Fsp3) is 0.500. The number of hydrogen-bond acceptors (Lipinski definition) is 15. The lowest BCUT2D eigenvalue weighted by molar-refractivity contribution is -0.154. The Morgan fingerprint density at radius 1 is 0.644 bits per heavy atom. The summed E-state index contributed by atoms with van der Waals surface area (Å²) in [6.45, 7) is -0.390. The minimum atomic E-state index is -1.63. The van der Waals surface area contributed by atoms with Crippen LogP contribution in [0.5, 0.6) is 0 Å². The molecule has 0 aliphatic rings. The SMILES string of the molecule is CN[C@@H](CNC(=O)[C@@H](CC(=O)[C@H](Cc1ccccc1)NC(=O)CCCCC(=O)CC[C@H](NC(=O)N[C@@H](CCC(=O)O)OC=O)C(=O)O)Cc1ccccc1)C(=O)N(C)C(CC(=O)O)C(=O)N(C)[C@@H](CS)C(=O)O. The van der Waals surface area contributed by atoms with Crippen molar-refractivity contribution in [2.75, 3.05) is 33.4 Å². The van der Waals surface area contributed by atoms with E-state index < -0.39 is 115 Å². The van der Waals surface area contributed by atoms with Gasteiger partial charge >= 0.3 is 29.9 Å². The molecule has 400 valence electrons. The number of Topliss-reactive ketones (excluding diaryl/α,β-unsaturated/α-hetero) is 2. The van der Waals surface area contributed by atoms with Crippen molar-refractivity contribution in [1.82, 2.24) is 36.4 Å². The van der Waals surface area contributed by atoms with Gasteiger partial charge in [-0.15, -0.1) is 0 Å². The van der Waals surface area contributed by atoms with Gasteiger partial charge in [0.2, 0.25) is 23.6 Å². The molecule has 1 unspecified atom stereocenters. The van der Waals surface area contributed by atoms with E-state index in [-0.39, 0.29) is 88.8 Å². The molecule has 0 radical (unpaired) electrons. The maximum absolute atomic E-state index is 14.2. The van der Waals surface area contributed by atoms with E-state index >= 15 is 0 Å². The largest absolute Gasteiger partial charge is 0.481 e. The average molecular weight is 1040 g/mol. The third kappa shape index (κ3) is 22.7. The average Bonchev–Trinajstić information content (AvgIpc) is 3.34. The lowest BCUT2D eigenvalue weighted by Gasteiger charge is -2.34. The summed E-state index contributed by atoms with van der Waals surface area (Å²) in [6.07, 6.45) is -3.51. The maximum atomic E-state index is 14.2. The van der Waals surface area contributed by atoms with Gasteiger partial charge in [-0.25, -0.2) is 14.4 Å². The number of hydrogen-bond donors (Lipinski definition) is 10. The maximum Gasteiger partial charge on any atom is 0.327 e. The number of carbonyl (C=O) groups is 12. The lowest BCUT2D eigenvalue weighted by atomic mass is 9.89. The van der Waals surface area contributed by atoms with Gasteiger partial charge in [-0.05, 0) is 50.3 Å². The van der Waals surface area contributed by atoms with E-state index in [0.717, 1.165) is 16.8 Å². The third-order valence-electron chi connectivity index (χ3n) is 11.6. The van der Waals surface area contributed by atoms with Gasteiger partial charge in [0.1, 0.15) is 30.0 Å². The number of aliphatic carboxylic acids is 4. The van der Waals surface area contributed by atoms with E-state index in [4.69, 9.17) is 5.11 Å². The fourth-order valence-corrected chi connectivity index (χ4v) is 7.81. The molecule has 9 N–H and O–H groups in total. The molecule has 25 heteroatoms. The molecule has 6 amide bonds. The van der Waals surface area contributed by atoms with Crippen LogP contribution in [0.2, 0.25) is 0 Å². The Balaban J connectivity index is 2.16. The molecule has 2 aromatic carbocycles. The first-order chi connectivity index (χ1) is 34.6. The minimum absolute atomic E-state index is 0.00926. The molecule has 2 aromatic rings. The van der Waals surface area contributed by atoms with Crippen molar-refractivity contribution in [1.29, 1.82) is 0 Å². The summed E-state index contributed by atoms with van der Waals surface area (Å²) >= 11 is 3.98. The van der Waals surface area contributed by atoms with Crippen molar-refractivity contribution in [2.45, 2.75) is 113 Å². The summed E-state index contributed by atoms with van der Waals surface area (Å²) in [5, 5.41) is 50.1. The van der Waals surface area contributed by atoms with E-state index in [1.165, 1.54) is 14.1 Å². The van der Waals surface area contributed by atoms with Gasteiger partial charge in [0.05, 0.1) is 18.9 Å². The van der Waals surface area contributed by atoms with Gasteiger partial charge in [-0.3, -0.25) is 43.2 Å². The van der Waals surface area contributed by atoms with E-state index in [9.17, 15) is 72.9 Å². The number of ether oxygens (including phenoxy) is 1. The van der Waals surface area contributed by atoms with Gasteiger partial charge in [-0.1, -0.05) is 60.7 Å². The van der Waals surface area contributed by atoms with Crippen molar-refractivity contribution in [3.05, 3.63) is 71.8 Å². The van der Waals surface area contributed by atoms with E-state index in [0.29, 0.717) is 11.1 Å². The first-order valence-electron chi connectivity index (χ1n) is 23.2. The third-order valence-corrected chi connectivity index (χ3v) is 11.9. The predicted octanol–water partition coefficient (Wildman–Crippen LogP) is 0.405. The Kier molecular flexibility index (Phi) is 27.5. The Morgan fingerprint density at radius 3 is 1.77 bits per heavy atom. The number of carboxylic acid groups (broad SMARTS) is 4. The number of amides is 6. The smallest absolute Gasteiger partial charge is 0.327 e. The molecular weight excluding hydrogens is 979 g/mol. The Hall–Kier alpha value is -7.41. The highest BCUT2D eigenvalue weighted by Gasteiger charge is 2.38. The number of thiol groups is 1. The number of rotatable bonds is 36. The second-order valence-electron chi connectivity index (χ2n) is 16.9. The fourth-order valence-electron chi connectivity index (χ4n) is 7.41. The quantitative estimate of drug-likeness (QED) is 0.0191. The number of unbranched alkanes of at least 4 members (excludes halogenated alkanes) is 1. The number of urea groups is 1. The molecule has 0 bridgehead atoms. The van der Waals surface area contributed by atoms with E-state index in [1.807, 2.05) is 0 Å². The number of carbonyl (C=O) groups excluding carboxylic acids is 8.